The lowest BCUT2D eigenvalue weighted by Gasteiger charge is -1.68. The third-order valence-corrected chi connectivity index (χ3v) is 1.000. The molecule has 0 aromatic rings. The third-order valence-electron chi connectivity index (χ3n) is 0.667. The van der Waals surface area contributed by atoms with Gasteiger partial charge in [-0.15, -0.1) is 11.8 Å². The molecule has 0 aliphatic carbocycles. The largest absolute Gasteiger partial charge is 0.138 e. The molecular formula is C19H52S. The van der Waals surface area contributed by atoms with Crippen molar-refractivity contribution in [1.82, 2.24) is 0 Å². The summed E-state index contributed by atoms with van der Waals surface area (Å²) in [7, 11) is 0. The lowest BCUT2D eigenvalue weighted by Crippen LogP contribution is -1.47. The first-order valence-corrected chi connectivity index (χ1v) is 10.3. The van der Waals surface area contributed by atoms with Crippen LogP contribution in [0.5, 0.6) is 0 Å². The average molecular weight is 313 g/mol. The molecule has 0 saturated heterocycles. The van der Waals surface area contributed by atoms with Crippen molar-refractivity contribution in [2.75, 3.05) is 6.26 Å². The molecule has 0 fully saturated rings. The molecule has 0 bridgehead atoms. The van der Waals surface area contributed by atoms with E-state index in [0.717, 1.165) is 0 Å². The van der Waals surface area contributed by atoms with Crippen LogP contribution in [0.15, 0.2) is 12.0 Å². The molecule has 0 aliphatic heterocycles. The van der Waals surface area contributed by atoms with E-state index in [1.54, 1.807) is 17.2 Å². The first-order valence-electron chi connectivity index (χ1n) is 8.97. The van der Waals surface area contributed by atoms with E-state index in [1.807, 2.05) is 89.3 Å². The normalized spacial score (nSPS) is 4.55. The quantitative estimate of drug-likeness (QED) is 0.489. The van der Waals surface area contributed by atoms with Crippen LogP contribution in [0.2, 0.25) is 0 Å². The summed E-state index contributed by atoms with van der Waals surface area (Å²) in [6.45, 7) is 31.8. The maximum absolute atomic E-state index is 3.44. The van der Waals surface area contributed by atoms with Crippen molar-refractivity contribution in [2.45, 2.75) is 110 Å². The van der Waals surface area contributed by atoms with Gasteiger partial charge in [-0.05, 0) is 11.7 Å². The Hall–Kier alpha value is 0.0900. The second-order valence-electron chi connectivity index (χ2n) is 1.40. The van der Waals surface area contributed by atoms with Crippen LogP contribution in [0, 0.1) is 0 Å². The molecule has 0 nitrogen and oxygen atoms in total. The van der Waals surface area contributed by atoms with Crippen molar-refractivity contribution in [1.29, 1.82) is 0 Å². The van der Waals surface area contributed by atoms with E-state index < -0.39 is 0 Å². The van der Waals surface area contributed by atoms with Gasteiger partial charge in [0.25, 0.3) is 0 Å². The number of thioether (sulfide) groups is 1. The van der Waals surface area contributed by atoms with Crippen LogP contribution >= 0.6 is 11.8 Å². The number of hydrogen-bond donors (Lipinski definition) is 0. The molecule has 0 radical (unpaired) electrons. The van der Waals surface area contributed by atoms with Gasteiger partial charge in [-0.3, -0.25) is 0 Å². The highest BCUT2D eigenvalue weighted by Gasteiger charge is 1.56. The molecule has 0 heterocycles. The minimum atomic E-state index is 1.32. The molecule has 0 saturated carbocycles. The predicted octanol–water partition coefficient (Wildman–Crippen LogP) is 9.46. The van der Waals surface area contributed by atoms with Crippen LogP contribution in [0.25, 0.3) is 0 Å². The van der Waals surface area contributed by atoms with E-state index in [0.29, 0.717) is 0 Å². The summed E-state index contributed by atoms with van der Waals surface area (Å²) in [5.41, 5.74) is 0. The van der Waals surface area contributed by atoms with Crippen molar-refractivity contribution in [2.24, 2.45) is 0 Å². The summed E-state index contributed by atoms with van der Waals surface area (Å²) in [5.74, 6) is 0. The van der Waals surface area contributed by atoms with Gasteiger partial charge >= 0.3 is 0 Å². The van der Waals surface area contributed by atoms with Crippen LogP contribution in [0.3, 0.4) is 0 Å². The highest BCUT2D eigenvalue weighted by atomic mass is 32.2. The minimum Gasteiger partial charge on any atom is -0.138 e. The number of hydrogen-bond acceptors (Lipinski definition) is 1. The second kappa shape index (κ2) is 373. The zero-order valence-corrected chi connectivity index (χ0v) is 18.9. The Morgan fingerprint density at radius 3 is 0.700 bits per heavy atom. The Bertz CT molecular complexity index is 32.7. The standard InChI is InChI=1S/C4H10.C3H6S.6C2H6/c2*1-3-4-2;6*1-2/h3-4H2,1-2H3;3H,1H2,2H3;6*1-2H3. The molecule has 0 rings (SSSR count). The maximum Gasteiger partial charge on any atom is -0.0142 e. The fourth-order valence-electron chi connectivity index (χ4n) is 0. The van der Waals surface area contributed by atoms with Gasteiger partial charge in [0.15, 0.2) is 0 Å². The van der Waals surface area contributed by atoms with E-state index in [1.165, 1.54) is 12.8 Å². The second-order valence-corrected chi connectivity index (χ2v) is 2.21. The Kier molecular flexibility index (Phi) is 935. The molecule has 134 valence electrons. The predicted molar refractivity (Wildman–Crippen MR) is 112 cm³/mol. The summed E-state index contributed by atoms with van der Waals surface area (Å²) < 4.78 is 0. The van der Waals surface area contributed by atoms with Crippen molar-refractivity contribution in [3.05, 3.63) is 12.0 Å². The van der Waals surface area contributed by atoms with E-state index in [2.05, 4.69) is 20.4 Å². The van der Waals surface area contributed by atoms with Crippen LogP contribution < -0.4 is 0 Å². The molecule has 0 N–H and O–H groups in total. The van der Waals surface area contributed by atoms with Crippen molar-refractivity contribution >= 4 is 11.8 Å². The van der Waals surface area contributed by atoms with Gasteiger partial charge < -0.3 is 0 Å². The van der Waals surface area contributed by atoms with Crippen molar-refractivity contribution < 1.29 is 0 Å². The molecule has 0 aromatic heterocycles. The SMILES string of the molecule is C=CSC.CC.CC.CC.CC.CC.CC.CCCC. The Balaban J connectivity index is -0.0000000142. The van der Waals surface area contributed by atoms with E-state index in [4.69, 9.17) is 0 Å². The Morgan fingerprint density at radius 2 is 0.700 bits per heavy atom. The van der Waals surface area contributed by atoms with E-state index >= 15 is 0 Å². The van der Waals surface area contributed by atoms with Crippen LogP contribution in [-0.4, -0.2) is 6.26 Å². The molecule has 20 heavy (non-hydrogen) atoms. The molecule has 1 heteroatoms. The fourth-order valence-corrected chi connectivity index (χ4v) is 0. The van der Waals surface area contributed by atoms with Crippen molar-refractivity contribution in [3.8, 4) is 0 Å². The maximum atomic E-state index is 3.44. The first kappa shape index (κ1) is 50.1. The van der Waals surface area contributed by atoms with Gasteiger partial charge in [0.05, 0.1) is 0 Å². The van der Waals surface area contributed by atoms with Gasteiger partial charge in [-0.25, -0.2) is 0 Å². The van der Waals surface area contributed by atoms with Gasteiger partial charge in [-0.2, -0.15) is 0 Å². The minimum absolute atomic E-state index is 1.32. The Morgan fingerprint density at radius 1 is 0.600 bits per heavy atom. The molecule has 0 atom stereocenters. The van der Waals surface area contributed by atoms with Crippen LogP contribution in [0.4, 0.5) is 0 Å². The summed E-state index contributed by atoms with van der Waals surface area (Å²) in [6, 6.07) is 0. The summed E-state index contributed by atoms with van der Waals surface area (Å²) >= 11 is 1.62. The molecule has 0 spiro atoms. The fraction of sp³-hybridized carbons (Fsp3) is 0.895. The Labute approximate surface area is 140 Å². The number of rotatable bonds is 2. The van der Waals surface area contributed by atoms with Gasteiger partial charge in [0.2, 0.25) is 0 Å². The van der Waals surface area contributed by atoms with E-state index in [-0.39, 0.29) is 0 Å². The van der Waals surface area contributed by atoms with E-state index in [9.17, 15) is 0 Å². The monoisotopic (exact) mass is 312 g/mol. The highest BCUT2D eigenvalue weighted by molar-refractivity contribution is 8.01. The molecule has 0 aliphatic rings. The summed E-state index contributed by atoms with van der Waals surface area (Å²) in [6.07, 6.45) is 4.62. The summed E-state index contributed by atoms with van der Waals surface area (Å²) in [5, 5.41) is 1.79. The lowest BCUT2D eigenvalue weighted by atomic mass is 10.4. The van der Waals surface area contributed by atoms with Gasteiger partial charge in [-0.1, -0.05) is 116 Å². The zero-order chi connectivity index (χ0) is 18.8. The highest BCUT2D eigenvalue weighted by Crippen LogP contribution is 1.85. The van der Waals surface area contributed by atoms with Crippen LogP contribution in [0.1, 0.15) is 110 Å². The van der Waals surface area contributed by atoms with Crippen LogP contribution in [-0.2, 0) is 0 Å². The molecule has 0 unspecified atom stereocenters. The summed E-state index contributed by atoms with van der Waals surface area (Å²) in [4.78, 5) is 0. The zero-order valence-electron chi connectivity index (χ0n) is 18.1. The average Bonchev–Trinajstić information content (AvgIpc) is 2.65. The van der Waals surface area contributed by atoms with Gasteiger partial charge in [0.1, 0.15) is 0 Å². The smallest absolute Gasteiger partial charge is 0.0142 e. The van der Waals surface area contributed by atoms with Crippen molar-refractivity contribution in [3.63, 3.8) is 0 Å². The lowest BCUT2D eigenvalue weighted by molar-refractivity contribution is 0.886. The first-order chi connectivity index (χ1) is 9.83. The third kappa shape index (κ3) is 1210. The number of unbranched alkanes of at least 4 members (excludes halogenated alkanes) is 1. The molecule has 0 amide bonds. The topological polar surface area (TPSA) is 0 Å². The molecular weight excluding hydrogens is 260 g/mol. The van der Waals surface area contributed by atoms with Gasteiger partial charge in [0, 0.05) is 0 Å². The molecule has 0 aromatic carbocycles.